The number of thiophene rings is 1. The summed E-state index contributed by atoms with van der Waals surface area (Å²) in [4.78, 5) is 13.2. The van der Waals surface area contributed by atoms with E-state index in [-0.39, 0.29) is 5.91 Å². The fourth-order valence-corrected chi connectivity index (χ4v) is 2.66. The average Bonchev–Trinajstić information content (AvgIpc) is 2.97. The third-order valence-corrected chi connectivity index (χ3v) is 3.89. The molecule has 0 atom stereocenters. The Bertz CT molecular complexity index is 704. The summed E-state index contributed by atoms with van der Waals surface area (Å²) in [6.07, 6.45) is 0. The number of carbonyl (C=O) groups is 1. The monoisotopic (exact) mass is 267 g/mol. The van der Waals surface area contributed by atoms with E-state index in [1.807, 2.05) is 60.0 Å². The summed E-state index contributed by atoms with van der Waals surface area (Å²) in [6, 6.07) is 17.8. The molecular formula is C16H13NOS. The summed E-state index contributed by atoms with van der Waals surface area (Å²) in [5.41, 5.74) is 0.704. The second-order valence-electron chi connectivity index (χ2n) is 4.32. The van der Waals surface area contributed by atoms with E-state index >= 15 is 0 Å². The highest BCUT2D eigenvalue weighted by atomic mass is 32.1. The minimum atomic E-state index is -0.0286. The van der Waals surface area contributed by atoms with Crippen LogP contribution in [-0.2, 0) is 6.54 Å². The maximum Gasteiger partial charge on any atom is 0.251 e. The van der Waals surface area contributed by atoms with Crippen LogP contribution in [0.2, 0.25) is 0 Å². The Morgan fingerprint density at radius 3 is 2.63 bits per heavy atom. The van der Waals surface area contributed by atoms with Crippen LogP contribution in [0.3, 0.4) is 0 Å². The molecule has 0 saturated heterocycles. The molecule has 0 saturated carbocycles. The molecular weight excluding hydrogens is 254 g/mol. The molecule has 94 valence electrons. The van der Waals surface area contributed by atoms with Gasteiger partial charge in [-0.2, -0.15) is 0 Å². The molecule has 1 amide bonds. The van der Waals surface area contributed by atoms with Crippen LogP contribution < -0.4 is 5.32 Å². The van der Waals surface area contributed by atoms with Crippen LogP contribution >= 0.6 is 11.3 Å². The predicted octanol–water partition coefficient (Wildman–Crippen LogP) is 3.83. The van der Waals surface area contributed by atoms with Crippen molar-refractivity contribution in [3.8, 4) is 0 Å². The van der Waals surface area contributed by atoms with Gasteiger partial charge in [0.05, 0.1) is 6.54 Å². The molecule has 0 spiro atoms. The van der Waals surface area contributed by atoms with E-state index in [1.54, 1.807) is 11.3 Å². The largest absolute Gasteiger partial charge is 0.347 e. The topological polar surface area (TPSA) is 29.1 Å². The zero-order valence-corrected chi connectivity index (χ0v) is 11.1. The van der Waals surface area contributed by atoms with Crippen LogP contribution in [-0.4, -0.2) is 5.91 Å². The number of fused-ring (bicyclic) bond motifs is 1. The van der Waals surface area contributed by atoms with Crippen molar-refractivity contribution in [2.45, 2.75) is 6.54 Å². The Morgan fingerprint density at radius 2 is 1.84 bits per heavy atom. The van der Waals surface area contributed by atoms with Crippen molar-refractivity contribution < 1.29 is 4.79 Å². The van der Waals surface area contributed by atoms with Crippen molar-refractivity contribution in [2.75, 3.05) is 0 Å². The van der Waals surface area contributed by atoms with Crippen LogP contribution in [0.4, 0.5) is 0 Å². The fourth-order valence-electron chi connectivity index (χ4n) is 2.01. The molecule has 19 heavy (non-hydrogen) atoms. The van der Waals surface area contributed by atoms with Gasteiger partial charge in [-0.3, -0.25) is 4.79 Å². The zero-order chi connectivity index (χ0) is 13.1. The first-order valence-corrected chi connectivity index (χ1v) is 7.00. The quantitative estimate of drug-likeness (QED) is 0.767. The summed E-state index contributed by atoms with van der Waals surface area (Å²) in [7, 11) is 0. The first-order chi connectivity index (χ1) is 9.33. The maximum absolute atomic E-state index is 12.1. The van der Waals surface area contributed by atoms with Crippen LogP contribution in [0.25, 0.3) is 10.8 Å². The number of nitrogens with one attached hydrogen (secondary N) is 1. The molecule has 0 bridgehead atoms. The first-order valence-electron chi connectivity index (χ1n) is 6.12. The standard InChI is InChI=1S/C16H13NOS/c18-16(17-11-15-6-3-9-19-15)14-8-7-12-4-1-2-5-13(12)10-14/h1-10H,11H2,(H,17,18). The lowest BCUT2D eigenvalue weighted by Crippen LogP contribution is -2.22. The van der Waals surface area contributed by atoms with E-state index in [4.69, 9.17) is 0 Å². The first kappa shape index (κ1) is 11.9. The summed E-state index contributed by atoms with van der Waals surface area (Å²) in [5, 5.41) is 7.19. The zero-order valence-electron chi connectivity index (χ0n) is 10.3. The van der Waals surface area contributed by atoms with E-state index < -0.39 is 0 Å². The second-order valence-corrected chi connectivity index (χ2v) is 5.36. The number of benzene rings is 2. The van der Waals surface area contributed by atoms with Crippen molar-refractivity contribution in [1.82, 2.24) is 5.32 Å². The minimum absolute atomic E-state index is 0.0286. The van der Waals surface area contributed by atoms with Gasteiger partial charge in [0.25, 0.3) is 5.91 Å². The molecule has 0 aliphatic heterocycles. The molecule has 1 aromatic heterocycles. The van der Waals surface area contributed by atoms with E-state index in [0.717, 1.165) is 15.6 Å². The molecule has 0 radical (unpaired) electrons. The Kier molecular flexibility index (Phi) is 3.29. The van der Waals surface area contributed by atoms with Gasteiger partial charge in [-0.25, -0.2) is 0 Å². The lowest BCUT2D eigenvalue weighted by atomic mass is 10.1. The summed E-state index contributed by atoms with van der Waals surface area (Å²) < 4.78 is 0. The van der Waals surface area contributed by atoms with Gasteiger partial charge in [0.1, 0.15) is 0 Å². The molecule has 1 N–H and O–H groups in total. The molecule has 3 aromatic rings. The molecule has 2 nitrogen and oxygen atoms in total. The third kappa shape index (κ3) is 2.66. The molecule has 0 aliphatic rings. The van der Waals surface area contributed by atoms with Crippen LogP contribution in [0.15, 0.2) is 60.0 Å². The van der Waals surface area contributed by atoms with Crippen molar-refractivity contribution >= 4 is 28.0 Å². The normalized spacial score (nSPS) is 10.5. The number of hydrogen-bond acceptors (Lipinski definition) is 2. The molecule has 0 fully saturated rings. The molecule has 0 unspecified atom stereocenters. The van der Waals surface area contributed by atoms with Crippen LogP contribution in [0, 0.1) is 0 Å². The van der Waals surface area contributed by atoms with E-state index in [0.29, 0.717) is 12.1 Å². The Labute approximate surface area is 115 Å². The smallest absolute Gasteiger partial charge is 0.251 e. The number of amides is 1. The van der Waals surface area contributed by atoms with E-state index in [9.17, 15) is 4.79 Å². The van der Waals surface area contributed by atoms with Crippen LogP contribution in [0.5, 0.6) is 0 Å². The van der Waals surface area contributed by atoms with Gasteiger partial charge in [-0.1, -0.05) is 36.4 Å². The lowest BCUT2D eigenvalue weighted by molar-refractivity contribution is 0.0951. The number of hydrogen-bond donors (Lipinski definition) is 1. The predicted molar refractivity (Wildman–Crippen MR) is 79.4 cm³/mol. The molecule has 3 heteroatoms. The molecule has 0 aliphatic carbocycles. The molecule has 3 rings (SSSR count). The van der Waals surface area contributed by atoms with Crippen molar-refractivity contribution in [3.05, 3.63) is 70.4 Å². The van der Waals surface area contributed by atoms with Gasteiger partial charge >= 0.3 is 0 Å². The SMILES string of the molecule is O=C(NCc1cccs1)c1ccc2ccccc2c1. The highest BCUT2D eigenvalue weighted by molar-refractivity contribution is 7.09. The summed E-state index contributed by atoms with van der Waals surface area (Å²) in [5.74, 6) is -0.0286. The van der Waals surface area contributed by atoms with E-state index in [2.05, 4.69) is 5.32 Å². The highest BCUT2D eigenvalue weighted by Gasteiger charge is 2.06. The Hall–Kier alpha value is -2.13. The lowest BCUT2D eigenvalue weighted by Gasteiger charge is -2.05. The molecule has 2 aromatic carbocycles. The van der Waals surface area contributed by atoms with Crippen molar-refractivity contribution in [1.29, 1.82) is 0 Å². The second kappa shape index (κ2) is 5.24. The van der Waals surface area contributed by atoms with Crippen LogP contribution in [0.1, 0.15) is 15.2 Å². The maximum atomic E-state index is 12.1. The van der Waals surface area contributed by atoms with Gasteiger partial charge in [0, 0.05) is 10.4 Å². The van der Waals surface area contributed by atoms with Gasteiger partial charge in [-0.05, 0) is 34.4 Å². The van der Waals surface area contributed by atoms with Gasteiger partial charge in [0.15, 0.2) is 0 Å². The Morgan fingerprint density at radius 1 is 1.00 bits per heavy atom. The fraction of sp³-hybridized carbons (Fsp3) is 0.0625. The minimum Gasteiger partial charge on any atom is -0.347 e. The van der Waals surface area contributed by atoms with Crippen molar-refractivity contribution in [2.24, 2.45) is 0 Å². The van der Waals surface area contributed by atoms with Gasteiger partial charge in [-0.15, -0.1) is 11.3 Å². The third-order valence-electron chi connectivity index (χ3n) is 3.01. The molecule has 1 heterocycles. The summed E-state index contributed by atoms with van der Waals surface area (Å²) >= 11 is 1.65. The number of rotatable bonds is 3. The van der Waals surface area contributed by atoms with Gasteiger partial charge in [0.2, 0.25) is 0 Å². The van der Waals surface area contributed by atoms with Crippen molar-refractivity contribution in [3.63, 3.8) is 0 Å². The average molecular weight is 267 g/mol. The Balaban J connectivity index is 1.77. The highest BCUT2D eigenvalue weighted by Crippen LogP contribution is 2.16. The van der Waals surface area contributed by atoms with E-state index in [1.165, 1.54) is 0 Å². The number of carbonyl (C=O) groups excluding carboxylic acids is 1. The summed E-state index contributed by atoms with van der Waals surface area (Å²) in [6.45, 7) is 0.587. The van der Waals surface area contributed by atoms with Gasteiger partial charge < -0.3 is 5.32 Å².